The van der Waals surface area contributed by atoms with Gasteiger partial charge in [-0.2, -0.15) is 0 Å². The third-order valence-corrected chi connectivity index (χ3v) is 10.2. The fourth-order valence-corrected chi connectivity index (χ4v) is 7.86. The molecule has 9 nitrogen and oxygen atoms in total. The maximum Gasteiger partial charge on any atom is 0.230 e. The number of anilines is 2. The van der Waals surface area contributed by atoms with Crippen LogP contribution in [0.2, 0.25) is 0 Å². The highest BCUT2D eigenvalue weighted by molar-refractivity contribution is 7.15. The summed E-state index contributed by atoms with van der Waals surface area (Å²) in [5.74, 6) is -0.0317. The predicted octanol–water partition coefficient (Wildman–Crippen LogP) is 4.48. The minimum absolute atomic E-state index is 0.0595. The standard InChI is InChI=1S/C31H37N3O6S/c1-30-12-11-25(37)31(2,17-35)24(30)16-23-28(22(30)15-27(39)32-19-5-4-6-20(36)14-19)34-29(41-23)33-26(38)13-18-7-9-21(40-3)10-8-18/h4-10,14,22,24-25,35-37H,11-13,15-17H2,1-3H3,(H,32,39)(H,33,34,38). The van der Waals surface area contributed by atoms with Crippen LogP contribution in [0.15, 0.2) is 48.5 Å². The summed E-state index contributed by atoms with van der Waals surface area (Å²) in [6.45, 7) is 3.89. The Labute approximate surface area is 243 Å². The number of aromatic nitrogens is 1. The minimum Gasteiger partial charge on any atom is -0.508 e. The second-order valence-electron chi connectivity index (χ2n) is 11.7. The molecule has 2 amide bonds. The molecular weight excluding hydrogens is 542 g/mol. The van der Waals surface area contributed by atoms with E-state index in [9.17, 15) is 24.9 Å². The zero-order valence-electron chi connectivity index (χ0n) is 23.5. The number of rotatable bonds is 8. The normalized spacial score (nSPS) is 26.9. The Bertz CT molecular complexity index is 1430. The van der Waals surface area contributed by atoms with Gasteiger partial charge in [0.2, 0.25) is 11.8 Å². The van der Waals surface area contributed by atoms with Gasteiger partial charge in [0.25, 0.3) is 0 Å². The number of nitrogens with zero attached hydrogens (tertiary/aromatic N) is 1. The third-order valence-electron chi connectivity index (χ3n) is 9.18. The lowest BCUT2D eigenvalue weighted by molar-refractivity contribution is -0.143. The maximum absolute atomic E-state index is 13.4. The fraction of sp³-hybridized carbons (Fsp3) is 0.452. The molecule has 1 aromatic heterocycles. The molecule has 2 aliphatic carbocycles. The summed E-state index contributed by atoms with van der Waals surface area (Å²) in [7, 11) is 1.59. The highest BCUT2D eigenvalue weighted by Gasteiger charge is 2.59. The second kappa shape index (κ2) is 11.4. The van der Waals surface area contributed by atoms with Gasteiger partial charge in [0.05, 0.1) is 31.9 Å². The van der Waals surface area contributed by atoms with Crippen LogP contribution in [-0.4, -0.2) is 51.9 Å². The van der Waals surface area contributed by atoms with Gasteiger partial charge in [-0.15, -0.1) is 11.3 Å². The molecule has 0 saturated heterocycles. The Kier molecular flexibility index (Phi) is 8.09. The second-order valence-corrected chi connectivity index (χ2v) is 12.8. The zero-order chi connectivity index (χ0) is 29.4. The maximum atomic E-state index is 13.4. The van der Waals surface area contributed by atoms with Crippen LogP contribution in [0, 0.1) is 16.7 Å². The van der Waals surface area contributed by atoms with Gasteiger partial charge >= 0.3 is 0 Å². The Balaban J connectivity index is 1.43. The Hall–Kier alpha value is -3.47. The van der Waals surface area contributed by atoms with E-state index >= 15 is 0 Å². The van der Waals surface area contributed by atoms with E-state index in [4.69, 9.17) is 9.72 Å². The molecule has 1 saturated carbocycles. The summed E-state index contributed by atoms with van der Waals surface area (Å²) in [5, 5.41) is 37.6. The first-order valence-corrected chi connectivity index (χ1v) is 14.7. The molecule has 2 aliphatic rings. The molecule has 5 rings (SSSR count). The van der Waals surface area contributed by atoms with Crippen molar-refractivity contribution in [1.29, 1.82) is 0 Å². The Morgan fingerprint density at radius 1 is 1.12 bits per heavy atom. The van der Waals surface area contributed by atoms with Crippen LogP contribution in [0.5, 0.6) is 11.5 Å². The van der Waals surface area contributed by atoms with Gasteiger partial charge in [0.1, 0.15) is 11.5 Å². The molecule has 41 heavy (non-hydrogen) atoms. The van der Waals surface area contributed by atoms with Crippen molar-refractivity contribution < 1.29 is 29.6 Å². The Morgan fingerprint density at radius 2 is 1.88 bits per heavy atom. The highest BCUT2D eigenvalue weighted by atomic mass is 32.1. The predicted molar refractivity (Wildman–Crippen MR) is 157 cm³/mol. The number of aliphatic hydroxyl groups excluding tert-OH is 2. The number of aliphatic hydroxyl groups is 2. The van der Waals surface area contributed by atoms with E-state index in [2.05, 4.69) is 17.6 Å². The van der Waals surface area contributed by atoms with Crippen LogP contribution in [-0.2, 0) is 22.4 Å². The number of hydrogen-bond acceptors (Lipinski definition) is 8. The van der Waals surface area contributed by atoms with Gasteiger partial charge in [-0.05, 0) is 60.4 Å². The van der Waals surface area contributed by atoms with Crippen LogP contribution in [0.4, 0.5) is 10.8 Å². The largest absolute Gasteiger partial charge is 0.508 e. The van der Waals surface area contributed by atoms with E-state index in [0.717, 1.165) is 21.9 Å². The SMILES string of the molecule is COc1ccc(CC(=O)Nc2nc3c(s2)CC2C(C)(CO)C(O)CCC2(C)C3CC(=O)Nc2cccc(O)c2)cc1. The van der Waals surface area contributed by atoms with Crippen molar-refractivity contribution in [3.63, 3.8) is 0 Å². The number of methoxy groups -OCH3 is 1. The molecule has 0 bridgehead atoms. The number of carbonyl (C=O) groups is 2. The highest BCUT2D eigenvalue weighted by Crippen LogP contribution is 2.62. The van der Waals surface area contributed by atoms with Gasteiger partial charge in [-0.3, -0.25) is 9.59 Å². The molecule has 0 aliphatic heterocycles. The number of phenolic OH excluding ortho intramolecular Hbond substituents is 1. The summed E-state index contributed by atoms with van der Waals surface area (Å²) >= 11 is 1.39. The van der Waals surface area contributed by atoms with E-state index < -0.39 is 16.9 Å². The molecular formula is C31H37N3O6S. The van der Waals surface area contributed by atoms with E-state index in [1.165, 1.54) is 23.5 Å². The van der Waals surface area contributed by atoms with Gasteiger partial charge in [0.15, 0.2) is 5.13 Å². The third kappa shape index (κ3) is 5.68. The summed E-state index contributed by atoms with van der Waals surface area (Å²) in [5.41, 5.74) is 0.968. The Morgan fingerprint density at radius 3 is 2.56 bits per heavy atom. The lowest BCUT2D eigenvalue weighted by Gasteiger charge is -2.58. The van der Waals surface area contributed by atoms with Crippen molar-refractivity contribution in [3.05, 3.63) is 64.7 Å². The van der Waals surface area contributed by atoms with E-state index in [1.54, 1.807) is 19.2 Å². The van der Waals surface area contributed by atoms with Crippen LogP contribution < -0.4 is 15.4 Å². The lowest BCUT2D eigenvalue weighted by atomic mass is 9.47. The van der Waals surface area contributed by atoms with Gasteiger partial charge in [0, 0.05) is 34.4 Å². The topological polar surface area (TPSA) is 141 Å². The smallest absolute Gasteiger partial charge is 0.230 e. The number of ether oxygens (including phenoxy) is 1. The van der Waals surface area contributed by atoms with Crippen LogP contribution in [0.1, 0.15) is 55.2 Å². The number of hydrogen-bond donors (Lipinski definition) is 5. The molecule has 0 spiro atoms. The molecule has 3 aromatic rings. The number of carbonyl (C=O) groups excluding carboxylic acids is 2. The van der Waals surface area contributed by atoms with Crippen molar-refractivity contribution >= 4 is 34.0 Å². The number of aromatic hydroxyl groups is 1. The number of benzene rings is 2. The van der Waals surface area contributed by atoms with Gasteiger partial charge in [-0.25, -0.2) is 4.98 Å². The van der Waals surface area contributed by atoms with Crippen LogP contribution in [0.3, 0.4) is 0 Å². The van der Waals surface area contributed by atoms with E-state index in [0.29, 0.717) is 30.1 Å². The monoisotopic (exact) mass is 579 g/mol. The van der Waals surface area contributed by atoms with Gasteiger partial charge in [-0.1, -0.05) is 32.0 Å². The van der Waals surface area contributed by atoms with Crippen molar-refractivity contribution in [2.24, 2.45) is 16.7 Å². The van der Waals surface area contributed by atoms with Crippen LogP contribution >= 0.6 is 11.3 Å². The number of thiazole rings is 1. The number of phenols is 1. The summed E-state index contributed by atoms with van der Waals surface area (Å²) in [4.78, 5) is 32.1. The lowest BCUT2D eigenvalue weighted by Crippen LogP contribution is -2.57. The molecule has 1 heterocycles. The first-order chi connectivity index (χ1) is 19.6. The molecule has 5 N–H and O–H groups in total. The van der Waals surface area contributed by atoms with Crippen molar-refractivity contribution in [1.82, 2.24) is 4.98 Å². The number of amides is 2. The number of nitrogens with one attached hydrogen (secondary N) is 2. The number of fused-ring (bicyclic) bond motifs is 2. The van der Waals surface area contributed by atoms with E-state index in [-0.39, 0.29) is 48.8 Å². The first-order valence-electron chi connectivity index (χ1n) is 13.9. The summed E-state index contributed by atoms with van der Waals surface area (Å²) < 4.78 is 5.19. The average molecular weight is 580 g/mol. The van der Waals surface area contributed by atoms with Crippen molar-refractivity contribution in [2.75, 3.05) is 24.4 Å². The zero-order valence-corrected chi connectivity index (χ0v) is 24.3. The fourth-order valence-electron chi connectivity index (χ4n) is 6.77. The molecule has 1 fully saturated rings. The molecule has 5 unspecified atom stereocenters. The molecule has 5 atom stereocenters. The quantitative estimate of drug-likeness (QED) is 0.265. The van der Waals surface area contributed by atoms with Crippen LogP contribution in [0.25, 0.3) is 0 Å². The molecule has 218 valence electrons. The molecule has 0 radical (unpaired) electrons. The molecule has 10 heteroatoms. The average Bonchev–Trinajstić information content (AvgIpc) is 3.34. The molecule has 2 aromatic carbocycles. The first kappa shape index (κ1) is 29.0. The summed E-state index contributed by atoms with van der Waals surface area (Å²) in [6.07, 6.45) is 1.44. The van der Waals surface area contributed by atoms with Crippen molar-refractivity contribution in [3.8, 4) is 11.5 Å². The van der Waals surface area contributed by atoms with E-state index in [1.807, 2.05) is 31.2 Å². The van der Waals surface area contributed by atoms with Crippen molar-refractivity contribution in [2.45, 2.75) is 58.0 Å². The summed E-state index contributed by atoms with van der Waals surface area (Å²) in [6, 6.07) is 13.7. The minimum atomic E-state index is -0.744. The van der Waals surface area contributed by atoms with Gasteiger partial charge < -0.3 is 30.7 Å².